The van der Waals surface area contributed by atoms with Crippen LogP contribution < -0.4 is 10.6 Å². The minimum atomic E-state index is 0.0297. The van der Waals surface area contributed by atoms with Crippen LogP contribution in [0, 0.1) is 0 Å². The van der Waals surface area contributed by atoms with E-state index in [-0.39, 0.29) is 11.9 Å². The molecular formula is C14H18N4OS2. The van der Waals surface area contributed by atoms with Crippen molar-refractivity contribution < 1.29 is 4.79 Å². The fourth-order valence-electron chi connectivity index (χ4n) is 1.51. The number of anilines is 2. The second-order valence-electron chi connectivity index (χ2n) is 4.53. The van der Waals surface area contributed by atoms with Crippen molar-refractivity contribution in [3.63, 3.8) is 0 Å². The lowest BCUT2D eigenvalue weighted by Crippen LogP contribution is -2.33. The van der Waals surface area contributed by atoms with E-state index in [9.17, 15) is 4.79 Å². The van der Waals surface area contributed by atoms with Crippen molar-refractivity contribution >= 4 is 39.8 Å². The molecule has 0 aliphatic carbocycles. The lowest BCUT2D eigenvalue weighted by atomic mass is 10.3. The van der Waals surface area contributed by atoms with Gasteiger partial charge in [0.1, 0.15) is 0 Å². The van der Waals surface area contributed by atoms with E-state index in [1.165, 1.54) is 23.1 Å². The standard InChI is InChI=1S/C14H18N4OS2/c1-3-10(2)15-12(19)9-20-14-18-17-13(21-14)16-11-7-5-4-6-8-11/h4-8,10H,3,9H2,1-2H3,(H,15,19)(H,16,17)/t10-/m0/s1. The predicted molar refractivity (Wildman–Crippen MR) is 88.3 cm³/mol. The molecule has 2 rings (SSSR count). The molecule has 7 heteroatoms. The fourth-order valence-corrected chi connectivity index (χ4v) is 3.09. The van der Waals surface area contributed by atoms with Gasteiger partial charge >= 0.3 is 0 Å². The first-order chi connectivity index (χ1) is 10.2. The van der Waals surface area contributed by atoms with E-state index in [1.807, 2.05) is 44.2 Å². The Morgan fingerprint density at radius 2 is 2.10 bits per heavy atom. The van der Waals surface area contributed by atoms with Crippen LogP contribution in [0.2, 0.25) is 0 Å². The quantitative estimate of drug-likeness (QED) is 0.766. The van der Waals surface area contributed by atoms with Gasteiger partial charge in [-0.05, 0) is 25.5 Å². The second kappa shape index (κ2) is 7.99. The summed E-state index contributed by atoms with van der Waals surface area (Å²) in [7, 11) is 0. The second-order valence-corrected chi connectivity index (χ2v) is 6.73. The van der Waals surface area contributed by atoms with Gasteiger partial charge in [0.15, 0.2) is 4.34 Å². The Kier molecular flexibility index (Phi) is 6.01. The molecule has 1 atom stereocenters. The predicted octanol–water partition coefficient (Wildman–Crippen LogP) is 3.29. The molecule has 0 aliphatic rings. The zero-order valence-electron chi connectivity index (χ0n) is 12.0. The molecule has 0 radical (unpaired) electrons. The molecule has 0 saturated carbocycles. The van der Waals surface area contributed by atoms with E-state index < -0.39 is 0 Å². The van der Waals surface area contributed by atoms with Crippen LogP contribution in [0.3, 0.4) is 0 Å². The van der Waals surface area contributed by atoms with Crippen molar-refractivity contribution in [3.8, 4) is 0 Å². The summed E-state index contributed by atoms with van der Waals surface area (Å²) in [6.07, 6.45) is 0.931. The molecule has 0 unspecified atom stereocenters. The van der Waals surface area contributed by atoms with Crippen LogP contribution in [-0.4, -0.2) is 27.9 Å². The molecule has 1 aromatic carbocycles. The van der Waals surface area contributed by atoms with Gasteiger partial charge in [-0.3, -0.25) is 4.79 Å². The Labute approximate surface area is 132 Å². The zero-order chi connectivity index (χ0) is 15.1. The third-order valence-electron chi connectivity index (χ3n) is 2.78. The molecule has 1 amide bonds. The van der Waals surface area contributed by atoms with Gasteiger partial charge in [-0.25, -0.2) is 0 Å². The van der Waals surface area contributed by atoms with Crippen molar-refractivity contribution in [1.82, 2.24) is 15.5 Å². The largest absolute Gasteiger partial charge is 0.353 e. The van der Waals surface area contributed by atoms with Crippen molar-refractivity contribution in [2.75, 3.05) is 11.1 Å². The monoisotopic (exact) mass is 322 g/mol. The number of carbonyl (C=O) groups excluding carboxylic acids is 1. The van der Waals surface area contributed by atoms with Gasteiger partial charge in [0.25, 0.3) is 0 Å². The number of para-hydroxylation sites is 1. The summed E-state index contributed by atoms with van der Waals surface area (Å²) >= 11 is 2.85. The molecule has 0 saturated heterocycles. The zero-order valence-corrected chi connectivity index (χ0v) is 13.6. The molecule has 0 fully saturated rings. The molecule has 0 spiro atoms. The third kappa shape index (κ3) is 5.35. The maximum absolute atomic E-state index is 11.7. The molecule has 0 bridgehead atoms. The topological polar surface area (TPSA) is 66.9 Å². The van der Waals surface area contributed by atoms with E-state index in [4.69, 9.17) is 0 Å². The lowest BCUT2D eigenvalue weighted by Gasteiger charge is -2.09. The number of carbonyl (C=O) groups is 1. The number of aromatic nitrogens is 2. The van der Waals surface area contributed by atoms with Crippen LogP contribution in [-0.2, 0) is 4.79 Å². The Bertz CT molecular complexity index is 573. The molecular weight excluding hydrogens is 304 g/mol. The SMILES string of the molecule is CC[C@H](C)NC(=O)CSc1nnc(Nc2ccccc2)s1. The highest BCUT2D eigenvalue weighted by Gasteiger charge is 2.09. The van der Waals surface area contributed by atoms with Crippen LogP contribution in [0.4, 0.5) is 10.8 Å². The average molecular weight is 322 g/mol. The molecule has 1 heterocycles. The summed E-state index contributed by atoms with van der Waals surface area (Å²) in [5, 5.41) is 15.0. The van der Waals surface area contributed by atoms with Gasteiger partial charge < -0.3 is 10.6 Å². The van der Waals surface area contributed by atoms with Crippen molar-refractivity contribution in [3.05, 3.63) is 30.3 Å². The minimum Gasteiger partial charge on any atom is -0.353 e. The van der Waals surface area contributed by atoms with Gasteiger partial charge in [-0.2, -0.15) is 0 Å². The van der Waals surface area contributed by atoms with Gasteiger partial charge in [0.2, 0.25) is 11.0 Å². The van der Waals surface area contributed by atoms with Crippen molar-refractivity contribution in [1.29, 1.82) is 0 Å². The normalized spacial score (nSPS) is 11.9. The van der Waals surface area contributed by atoms with Gasteiger partial charge in [0.05, 0.1) is 5.75 Å². The Morgan fingerprint density at radius 3 is 2.81 bits per heavy atom. The van der Waals surface area contributed by atoms with Crippen LogP contribution in [0.25, 0.3) is 0 Å². The Balaban J connectivity index is 1.82. The number of nitrogens with one attached hydrogen (secondary N) is 2. The summed E-state index contributed by atoms with van der Waals surface area (Å²) in [6, 6.07) is 10.0. The number of thioether (sulfide) groups is 1. The van der Waals surface area contributed by atoms with Gasteiger partial charge in [-0.1, -0.05) is 48.2 Å². The number of nitrogens with zero attached hydrogens (tertiary/aromatic N) is 2. The molecule has 0 aliphatic heterocycles. The maximum Gasteiger partial charge on any atom is 0.230 e. The van der Waals surface area contributed by atoms with Crippen molar-refractivity contribution in [2.45, 2.75) is 30.6 Å². The summed E-state index contributed by atoms with van der Waals surface area (Å²) in [6.45, 7) is 4.04. The van der Waals surface area contributed by atoms with Crippen LogP contribution in [0.15, 0.2) is 34.7 Å². The maximum atomic E-state index is 11.7. The lowest BCUT2D eigenvalue weighted by molar-refractivity contribution is -0.119. The third-order valence-corrected chi connectivity index (χ3v) is 4.75. The highest BCUT2D eigenvalue weighted by atomic mass is 32.2. The fraction of sp³-hybridized carbons (Fsp3) is 0.357. The molecule has 2 aromatic rings. The molecule has 21 heavy (non-hydrogen) atoms. The van der Waals surface area contributed by atoms with Crippen LogP contribution in [0.1, 0.15) is 20.3 Å². The highest BCUT2D eigenvalue weighted by Crippen LogP contribution is 2.27. The molecule has 1 aromatic heterocycles. The van der Waals surface area contributed by atoms with E-state index in [2.05, 4.69) is 20.8 Å². The molecule has 2 N–H and O–H groups in total. The number of rotatable bonds is 7. The summed E-state index contributed by atoms with van der Waals surface area (Å²) < 4.78 is 0.785. The van der Waals surface area contributed by atoms with E-state index >= 15 is 0 Å². The van der Waals surface area contributed by atoms with Crippen LogP contribution >= 0.6 is 23.1 Å². The first-order valence-corrected chi connectivity index (χ1v) is 8.55. The number of amides is 1. The van der Waals surface area contributed by atoms with Crippen molar-refractivity contribution in [2.24, 2.45) is 0 Å². The molecule has 112 valence electrons. The Hall–Kier alpha value is -1.60. The summed E-state index contributed by atoms with van der Waals surface area (Å²) in [4.78, 5) is 11.7. The summed E-state index contributed by atoms with van der Waals surface area (Å²) in [5.41, 5.74) is 0.972. The average Bonchev–Trinajstić information content (AvgIpc) is 2.93. The van der Waals surface area contributed by atoms with Crippen LogP contribution in [0.5, 0.6) is 0 Å². The number of benzene rings is 1. The van der Waals surface area contributed by atoms with E-state index in [1.54, 1.807) is 0 Å². The van der Waals surface area contributed by atoms with Gasteiger partial charge in [-0.15, -0.1) is 10.2 Å². The molecule has 5 nitrogen and oxygen atoms in total. The number of hydrogen-bond donors (Lipinski definition) is 2. The number of hydrogen-bond acceptors (Lipinski definition) is 6. The first kappa shape index (κ1) is 15.8. The summed E-state index contributed by atoms with van der Waals surface area (Å²) in [5.74, 6) is 0.395. The minimum absolute atomic E-state index is 0.0297. The van der Waals surface area contributed by atoms with E-state index in [0.717, 1.165) is 21.6 Å². The Morgan fingerprint density at radius 1 is 1.33 bits per heavy atom. The van der Waals surface area contributed by atoms with E-state index in [0.29, 0.717) is 5.75 Å². The first-order valence-electron chi connectivity index (χ1n) is 6.75. The smallest absolute Gasteiger partial charge is 0.230 e. The van der Waals surface area contributed by atoms with Gasteiger partial charge in [0, 0.05) is 11.7 Å². The highest BCUT2D eigenvalue weighted by molar-refractivity contribution is 8.01.